The van der Waals surface area contributed by atoms with E-state index in [1.54, 1.807) is 36.9 Å². The van der Waals surface area contributed by atoms with Crippen molar-refractivity contribution in [3.8, 4) is 5.75 Å². The summed E-state index contributed by atoms with van der Waals surface area (Å²) in [5.41, 5.74) is 3.56. The van der Waals surface area contributed by atoms with Gasteiger partial charge in [0.1, 0.15) is 11.3 Å². The number of benzene rings is 1. The average Bonchev–Trinajstić information content (AvgIpc) is 3.10. The van der Waals surface area contributed by atoms with Crippen LogP contribution in [-0.4, -0.2) is 32.0 Å². The van der Waals surface area contributed by atoms with Gasteiger partial charge in [0.15, 0.2) is 5.65 Å². The highest BCUT2D eigenvalue weighted by Gasteiger charge is 2.10. The first kappa shape index (κ1) is 17.7. The molecule has 1 N–H and O–H groups in total. The van der Waals surface area contributed by atoms with Crippen LogP contribution in [0.3, 0.4) is 0 Å². The summed E-state index contributed by atoms with van der Waals surface area (Å²) in [6, 6.07) is 14.8. The topological polar surface area (TPSA) is 81.9 Å². The summed E-state index contributed by atoms with van der Waals surface area (Å²) in [5.74, 6) is 0.509. The van der Waals surface area contributed by atoms with Gasteiger partial charge in [-0.05, 0) is 42.5 Å². The number of nitrogens with zero attached hydrogens (tertiary/aromatic N) is 4. The predicted molar refractivity (Wildman–Crippen MR) is 106 cm³/mol. The van der Waals surface area contributed by atoms with E-state index in [4.69, 9.17) is 4.74 Å². The van der Waals surface area contributed by atoms with E-state index in [1.807, 2.05) is 41.9 Å². The summed E-state index contributed by atoms with van der Waals surface area (Å²) in [7, 11) is 1.86. The second-order valence-electron chi connectivity index (χ2n) is 6.32. The number of rotatable bonds is 6. The van der Waals surface area contributed by atoms with Gasteiger partial charge >= 0.3 is 0 Å². The standard InChI is InChI=1S/C21H19N5O2/c1-26-14-24-19-12-15(13-23-20(19)26)21(27)25-17-5-7-18(8-6-17)28-11-9-16-4-2-3-10-22-16/h2-8,10,12-14H,9,11H2,1H3,(H,25,27). The lowest BCUT2D eigenvalue weighted by Crippen LogP contribution is -2.12. The van der Waals surface area contributed by atoms with E-state index in [-0.39, 0.29) is 5.91 Å². The molecule has 0 spiro atoms. The van der Waals surface area contributed by atoms with E-state index in [1.165, 1.54) is 0 Å². The summed E-state index contributed by atoms with van der Waals surface area (Å²) >= 11 is 0. The Kier molecular flexibility index (Phi) is 4.97. The van der Waals surface area contributed by atoms with E-state index in [0.29, 0.717) is 23.4 Å². The van der Waals surface area contributed by atoms with Crippen molar-refractivity contribution in [3.05, 3.63) is 78.5 Å². The minimum Gasteiger partial charge on any atom is -0.493 e. The van der Waals surface area contributed by atoms with Crippen LogP contribution >= 0.6 is 0 Å². The van der Waals surface area contributed by atoms with Crippen LogP contribution in [-0.2, 0) is 13.5 Å². The first-order valence-corrected chi connectivity index (χ1v) is 8.90. The molecule has 7 heteroatoms. The molecule has 3 aromatic heterocycles. The molecule has 0 atom stereocenters. The molecule has 28 heavy (non-hydrogen) atoms. The minimum absolute atomic E-state index is 0.233. The summed E-state index contributed by atoms with van der Waals surface area (Å²) in [5, 5.41) is 2.86. The number of ether oxygens (including phenoxy) is 1. The fourth-order valence-corrected chi connectivity index (χ4v) is 2.80. The highest BCUT2D eigenvalue weighted by Crippen LogP contribution is 2.17. The van der Waals surface area contributed by atoms with E-state index < -0.39 is 0 Å². The number of hydrogen-bond acceptors (Lipinski definition) is 5. The lowest BCUT2D eigenvalue weighted by Gasteiger charge is -2.08. The third-order valence-electron chi connectivity index (χ3n) is 4.28. The van der Waals surface area contributed by atoms with Crippen LogP contribution in [0.4, 0.5) is 5.69 Å². The molecule has 4 aromatic rings. The van der Waals surface area contributed by atoms with Crippen LogP contribution in [0.15, 0.2) is 67.3 Å². The Bertz CT molecular complexity index is 1090. The maximum Gasteiger partial charge on any atom is 0.257 e. The van der Waals surface area contributed by atoms with Crippen molar-refractivity contribution in [2.45, 2.75) is 6.42 Å². The van der Waals surface area contributed by atoms with Crippen LogP contribution in [0, 0.1) is 0 Å². The van der Waals surface area contributed by atoms with Gasteiger partial charge in [-0.1, -0.05) is 6.07 Å². The van der Waals surface area contributed by atoms with Crippen LogP contribution in [0.5, 0.6) is 5.75 Å². The molecule has 0 saturated heterocycles. The molecular formula is C21H19N5O2. The third-order valence-corrected chi connectivity index (χ3v) is 4.28. The Balaban J connectivity index is 1.34. The second-order valence-corrected chi connectivity index (χ2v) is 6.32. The number of hydrogen-bond donors (Lipinski definition) is 1. The fraction of sp³-hybridized carbons (Fsp3) is 0.143. The molecule has 0 aliphatic carbocycles. The summed E-state index contributed by atoms with van der Waals surface area (Å²) in [6.45, 7) is 0.540. The first-order chi connectivity index (χ1) is 13.7. The lowest BCUT2D eigenvalue weighted by atomic mass is 10.2. The summed E-state index contributed by atoms with van der Waals surface area (Å²) in [4.78, 5) is 25.2. The van der Waals surface area contributed by atoms with Gasteiger partial charge in [-0.2, -0.15) is 0 Å². The van der Waals surface area contributed by atoms with Gasteiger partial charge in [0.25, 0.3) is 5.91 Å². The largest absolute Gasteiger partial charge is 0.493 e. The molecule has 0 radical (unpaired) electrons. The van der Waals surface area contributed by atoms with Crippen LogP contribution in [0.25, 0.3) is 11.2 Å². The molecule has 140 valence electrons. The third kappa shape index (κ3) is 3.98. The fourth-order valence-electron chi connectivity index (χ4n) is 2.80. The molecule has 3 heterocycles. The Labute approximate surface area is 162 Å². The molecule has 0 fully saturated rings. The van der Waals surface area contributed by atoms with Crippen LogP contribution < -0.4 is 10.1 Å². The number of carbonyl (C=O) groups excluding carboxylic acids is 1. The Morgan fingerprint density at radius 2 is 1.96 bits per heavy atom. The maximum absolute atomic E-state index is 12.5. The monoisotopic (exact) mass is 373 g/mol. The number of nitrogens with one attached hydrogen (secondary N) is 1. The summed E-state index contributed by atoms with van der Waals surface area (Å²) in [6.07, 6.45) is 5.73. The zero-order valence-electron chi connectivity index (χ0n) is 15.4. The molecule has 4 rings (SSSR count). The normalized spacial score (nSPS) is 10.8. The molecule has 1 aromatic carbocycles. The van der Waals surface area contributed by atoms with Gasteiger partial charge in [-0.15, -0.1) is 0 Å². The predicted octanol–water partition coefficient (Wildman–Crippen LogP) is 3.24. The van der Waals surface area contributed by atoms with Crippen molar-refractivity contribution in [1.29, 1.82) is 0 Å². The minimum atomic E-state index is -0.233. The summed E-state index contributed by atoms with van der Waals surface area (Å²) < 4.78 is 7.54. The average molecular weight is 373 g/mol. The van der Waals surface area contributed by atoms with Gasteiger partial charge in [0, 0.05) is 37.2 Å². The molecule has 0 unspecified atom stereocenters. The highest BCUT2D eigenvalue weighted by molar-refractivity contribution is 6.05. The van der Waals surface area contributed by atoms with Crippen LogP contribution in [0.2, 0.25) is 0 Å². The zero-order valence-corrected chi connectivity index (χ0v) is 15.4. The van der Waals surface area contributed by atoms with Crippen molar-refractivity contribution in [1.82, 2.24) is 19.5 Å². The Morgan fingerprint density at radius 3 is 2.75 bits per heavy atom. The zero-order chi connectivity index (χ0) is 19.3. The number of imidazole rings is 1. The molecule has 0 bridgehead atoms. The van der Waals surface area contributed by atoms with E-state index in [0.717, 1.165) is 23.5 Å². The Hall–Kier alpha value is -3.74. The highest BCUT2D eigenvalue weighted by atomic mass is 16.5. The van der Waals surface area contributed by atoms with E-state index >= 15 is 0 Å². The number of carbonyl (C=O) groups is 1. The van der Waals surface area contributed by atoms with E-state index in [9.17, 15) is 4.79 Å². The molecular weight excluding hydrogens is 354 g/mol. The van der Waals surface area contributed by atoms with Gasteiger partial charge in [0.2, 0.25) is 0 Å². The molecule has 0 aliphatic heterocycles. The number of anilines is 1. The van der Waals surface area contributed by atoms with Gasteiger partial charge < -0.3 is 14.6 Å². The molecule has 0 saturated carbocycles. The number of pyridine rings is 2. The Morgan fingerprint density at radius 1 is 1.11 bits per heavy atom. The number of fused-ring (bicyclic) bond motifs is 1. The molecule has 7 nitrogen and oxygen atoms in total. The van der Waals surface area contributed by atoms with Crippen LogP contribution in [0.1, 0.15) is 16.1 Å². The van der Waals surface area contributed by atoms with E-state index in [2.05, 4.69) is 20.3 Å². The second kappa shape index (κ2) is 7.87. The molecule has 1 amide bonds. The van der Waals surface area contributed by atoms with Crippen molar-refractivity contribution in [2.24, 2.45) is 7.05 Å². The lowest BCUT2D eigenvalue weighted by molar-refractivity contribution is 0.102. The number of aromatic nitrogens is 4. The van der Waals surface area contributed by atoms with Crippen molar-refractivity contribution in [2.75, 3.05) is 11.9 Å². The number of amides is 1. The van der Waals surface area contributed by atoms with Crippen molar-refractivity contribution < 1.29 is 9.53 Å². The van der Waals surface area contributed by atoms with Gasteiger partial charge in [-0.25, -0.2) is 9.97 Å². The van der Waals surface area contributed by atoms with Crippen molar-refractivity contribution >= 4 is 22.8 Å². The smallest absolute Gasteiger partial charge is 0.257 e. The SMILES string of the molecule is Cn1cnc2cc(C(=O)Nc3ccc(OCCc4ccccn4)cc3)cnc21. The maximum atomic E-state index is 12.5. The number of aryl methyl sites for hydroxylation is 1. The quantitative estimate of drug-likeness (QED) is 0.561. The van der Waals surface area contributed by atoms with Gasteiger partial charge in [0.05, 0.1) is 18.5 Å². The molecule has 0 aliphatic rings. The first-order valence-electron chi connectivity index (χ1n) is 8.90. The van der Waals surface area contributed by atoms with Crippen molar-refractivity contribution in [3.63, 3.8) is 0 Å². The van der Waals surface area contributed by atoms with Gasteiger partial charge in [-0.3, -0.25) is 9.78 Å².